The van der Waals surface area contributed by atoms with Crippen molar-refractivity contribution in [1.29, 1.82) is 0 Å². The maximum absolute atomic E-state index is 10.5. The molecule has 0 fully saturated rings. The van der Waals surface area contributed by atoms with Gasteiger partial charge in [-0.25, -0.2) is 0 Å². The van der Waals surface area contributed by atoms with E-state index in [1.165, 1.54) is 0 Å². The summed E-state index contributed by atoms with van der Waals surface area (Å²) < 4.78 is 16.1. The third-order valence-electron chi connectivity index (χ3n) is 4.14. The minimum Gasteiger partial charge on any atom is -0.496 e. The SMILES string of the molecule is COc1cc(OC)c(OC)cc1C[NH2+][C@H](C)[C@H](O)c1ccccc1. The van der Waals surface area contributed by atoms with Crippen molar-refractivity contribution in [3.63, 3.8) is 0 Å². The molecule has 130 valence electrons. The number of benzene rings is 2. The molecular weight excluding hydrogens is 306 g/mol. The zero-order valence-corrected chi connectivity index (χ0v) is 14.7. The summed E-state index contributed by atoms with van der Waals surface area (Å²) in [5, 5.41) is 12.6. The molecule has 2 rings (SSSR count). The second-order valence-electron chi connectivity index (χ2n) is 5.67. The van der Waals surface area contributed by atoms with Crippen LogP contribution in [0.4, 0.5) is 0 Å². The predicted molar refractivity (Wildman–Crippen MR) is 92.6 cm³/mol. The highest BCUT2D eigenvalue weighted by Crippen LogP contribution is 2.34. The summed E-state index contributed by atoms with van der Waals surface area (Å²) >= 11 is 0. The van der Waals surface area contributed by atoms with E-state index in [-0.39, 0.29) is 6.04 Å². The number of aliphatic hydroxyl groups is 1. The molecule has 0 radical (unpaired) electrons. The van der Waals surface area contributed by atoms with Crippen LogP contribution in [0.5, 0.6) is 17.2 Å². The lowest BCUT2D eigenvalue weighted by Crippen LogP contribution is -2.89. The van der Waals surface area contributed by atoms with Gasteiger partial charge >= 0.3 is 0 Å². The van der Waals surface area contributed by atoms with Crippen LogP contribution in [0, 0.1) is 0 Å². The Bertz CT molecular complexity index is 645. The smallest absolute Gasteiger partial charge is 0.164 e. The van der Waals surface area contributed by atoms with Crippen LogP contribution in [-0.4, -0.2) is 32.5 Å². The van der Waals surface area contributed by atoms with E-state index in [1.54, 1.807) is 21.3 Å². The first-order valence-electron chi connectivity index (χ1n) is 7.96. The average molecular weight is 332 g/mol. The van der Waals surface area contributed by atoms with E-state index in [9.17, 15) is 5.11 Å². The number of hydrogen-bond donors (Lipinski definition) is 2. The first-order chi connectivity index (χ1) is 11.6. The lowest BCUT2D eigenvalue weighted by molar-refractivity contribution is -0.709. The van der Waals surface area contributed by atoms with Crippen molar-refractivity contribution in [3.05, 3.63) is 53.6 Å². The van der Waals surface area contributed by atoms with Crippen molar-refractivity contribution in [2.24, 2.45) is 0 Å². The van der Waals surface area contributed by atoms with E-state index in [2.05, 4.69) is 5.32 Å². The van der Waals surface area contributed by atoms with Crippen molar-refractivity contribution in [2.45, 2.75) is 25.6 Å². The lowest BCUT2D eigenvalue weighted by Gasteiger charge is -2.19. The first kappa shape index (κ1) is 18.1. The number of aliphatic hydroxyl groups excluding tert-OH is 1. The number of ether oxygens (including phenoxy) is 3. The highest BCUT2D eigenvalue weighted by Gasteiger charge is 2.20. The van der Waals surface area contributed by atoms with Gasteiger partial charge in [-0.1, -0.05) is 30.3 Å². The maximum atomic E-state index is 10.5. The molecule has 0 aromatic heterocycles. The molecule has 0 aliphatic rings. The Labute approximate surface area is 143 Å². The van der Waals surface area contributed by atoms with Crippen LogP contribution in [0.25, 0.3) is 0 Å². The summed E-state index contributed by atoms with van der Waals surface area (Å²) in [4.78, 5) is 0. The van der Waals surface area contributed by atoms with Crippen molar-refractivity contribution < 1.29 is 24.6 Å². The fourth-order valence-electron chi connectivity index (χ4n) is 2.65. The van der Waals surface area contributed by atoms with E-state index in [4.69, 9.17) is 14.2 Å². The van der Waals surface area contributed by atoms with E-state index in [0.717, 1.165) is 16.9 Å². The lowest BCUT2D eigenvalue weighted by atomic mass is 10.0. The van der Waals surface area contributed by atoms with Crippen LogP contribution in [0.2, 0.25) is 0 Å². The number of nitrogens with two attached hydrogens (primary N) is 1. The number of hydrogen-bond acceptors (Lipinski definition) is 4. The fourth-order valence-corrected chi connectivity index (χ4v) is 2.65. The zero-order chi connectivity index (χ0) is 17.5. The van der Waals surface area contributed by atoms with Crippen molar-refractivity contribution in [3.8, 4) is 17.2 Å². The summed E-state index contributed by atoms with van der Waals surface area (Å²) in [5.74, 6) is 2.04. The molecule has 5 nitrogen and oxygen atoms in total. The molecule has 0 unspecified atom stereocenters. The summed E-state index contributed by atoms with van der Waals surface area (Å²) in [6, 6.07) is 13.4. The summed E-state index contributed by atoms with van der Waals surface area (Å²) in [6.45, 7) is 2.67. The molecule has 2 aromatic rings. The molecule has 5 heteroatoms. The monoisotopic (exact) mass is 332 g/mol. The van der Waals surface area contributed by atoms with Gasteiger partial charge in [-0.05, 0) is 18.6 Å². The highest BCUT2D eigenvalue weighted by atomic mass is 16.5. The standard InChI is InChI=1S/C19H25NO4/c1-13(19(21)14-8-6-5-7-9-14)20-12-15-10-17(23-3)18(24-4)11-16(15)22-2/h5-11,13,19-21H,12H2,1-4H3/p+1/t13-,19+/m1/s1. The molecule has 0 bridgehead atoms. The molecule has 3 N–H and O–H groups in total. The Kier molecular flexibility index (Phi) is 6.46. The molecule has 0 aliphatic carbocycles. The normalized spacial score (nSPS) is 13.2. The van der Waals surface area contributed by atoms with Crippen LogP contribution in [-0.2, 0) is 6.54 Å². The molecule has 0 amide bonds. The van der Waals surface area contributed by atoms with Crippen LogP contribution in [0.15, 0.2) is 42.5 Å². The molecule has 0 saturated carbocycles. The molecule has 2 aromatic carbocycles. The average Bonchev–Trinajstić information content (AvgIpc) is 2.65. The molecule has 0 aliphatic heterocycles. The molecular formula is C19H26NO4+. The van der Waals surface area contributed by atoms with E-state index >= 15 is 0 Å². The van der Waals surface area contributed by atoms with Crippen LogP contribution in [0.1, 0.15) is 24.2 Å². The zero-order valence-electron chi connectivity index (χ0n) is 14.7. The van der Waals surface area contributed by atoms with E-state index in [0.29, 0.717) is 18.0 Å². The van der Waals surface area contributed by atoms with E-state index in [1.807, 2.05) is 49.4 Å². The van der Waals surface area contributed by atoms with Gasteiger partial charge in [-0.3, -0.25) is 0 Å². The molecule has 2 atom stereocenters. The summed E-state index contributed by atoms with van der Waals surface area (Å²) in [7, 11) is 4.84. The van der Waals surface area contributed by atoms with Gasteiger partial charge in [0.2, 0.25) is 0 Å². The van der Waals surface area contributed by atoms with Crippen LogP contribution >= 0.6 is 0 Å². The Hall–Kier alpha value is -2.24. The Morgan fingerprint density at radius 3 is 2.08 bits per heavy atom. The van der Waals surface area contributed by atoms with Gasteiger partial charge in [0.05, 0.1) is 26.9 Å². The second kappa shape index (κ2) is 8.57. The van der Waals surface area contributed by atoms with E-state index < -0.39 is 6.10 Å². The van der Waals surface area contributed by atoms with Crippen LogP contribution < -0.4 is 19.5 Å². The Balaban J connectivity index is 2.10. The number of rotatable bonds is 8. The quantitative estimate of drug-likeness (QED) is 0.775. The Morgan fingerprint density at radius 1 is 0.917 bits per heavy atom. The highest BCUT2D eigenvalue weighted by molar-refractivity contribution is 5.50. The summed E-state index contributed by atoms with van der Waals surface area (Å²) in [6.07, 6.45) is -0.530. The van der Waals surface area contributed by atoms with Gasteiger partial charge in [0.25, 0.3) is 0 Å². The van der Waals surface area contributed by atoms with Gasteiger partial charge in [0.1, 0.15) is 24.4 Å². The molecule has 24 heavy (non-hydrogen) atoms. The van der Waals surface area contributed by atoms with Crippen LogP contribution in [0.3, 0.4) is 0 Å². The fraction of sp³-hybridized carbons (Fsp3) is 0.368. The van der Waals surface area contributed by atoms with Gasteiger partial charge in [0.15, 0.2) is 11.5 Å². The van der Waals surface area contributed by atoms with Crippen molar-refractivity contribution in [1.82, 2.24) is 0 Å². The van der Waals surface area contributed by atoms with Gasteiger partial charge < -0.3 is 24.6 Å². The topological polar surface area (TPSA) is 64.5 Å². The first-order valence-corrected chi connectivity index (χ1v) is 7.96. The number of methoxy groups -OCH3 is 3. The molecule has 0 saturated heterocycles. The minimum absolute atomic E-state index is 0.00482. The largest absolute Gasteiger partial charge is 0.496 e. The van der Waals surface area contributed by atoms with Crippen molar-refractivity contribution in [2.75, 3.05) is 21.3 Å². The third-order valence-corrected chi connectivity index (χ3v) is 4.14. The van der Waals surface area contributed by atoms with Gasteiger partial charge in [0, 0.05) is 6.07 Å². The second-order valence-corrected chi connectivity index (χ2v) is 5.67. The molecule has 0 heterocycles. The molecule has 0 spiro atoms. The Morgan fingerprint density at radius 2 is 1.50 bits per heavy atom. The predicted octanol–water partition coefficient (Wildman–Crippen LogP) is 1.90. The number of quaternary nitrogens is 1. The van der Waals surface area contributed by atoms with Gasteiger partial charge in [-0.15, -0.1) is 0 Å². The minimum atomic E-state index is -0.530. The third kappa shape index (κ3) is 4.19. The maximum Gasteiger partial charge on any atom is 0.164 e. The summed E-state index contributed by atoms with van der Waals surface area (Å²) in [5.41, 5.74) is 1.91. The van der Waals surface area contributed by atoms with Crippen molar-refractivity contribution >= 4 is 0 Å². The van der Waals surface area contributed by atoms with Gasteiger partial charge in [-0.2, -0.15) is 0 Å².